The molecule has 0 heterocycles. The van der Waals surface area contributed by atoms with Crippen LogP contribution in [-0.4, -0.2) is 14.2 Å². The van der Waals surface area contributed by atoms with E-state index in [0.29, 0.717) is 23.1 Å². The van der Waals surface area contributed by atoms with Crippen LogP contribution < -0.4 is 15.2 Å². The Hall–Kier alpha value is -1.71. The van der Waals surface area contributed by atoms with Gasteiger partial charge in [0.1, 0.15) is 16.5 Å². The Bertz CT molecular complexity index is 584. The van der Waals surface area contributed by atoms with Crippen LogP contribution in [0.4, 0.5) is 0 Å². The largest absolute Gasteiger partial charge is 0.495 e. The first-order valence-corrected chi connectivity index (χ1v) is 6.29. The molecule has 4 heteroatoms. The van der Waals surface area contributed by atoms with Gasteiger partial charge in [-0.05, 0) is 29.3 Å². The fourth-order valence-electron chi connectivity index (χ4n) is 1.99. The van der Waals surface area contributed by atoms with E-state index in [1.54, 1.807) is 14.2 Å². The van der Waals surface area contributed by atoms with E-state index in [-0.39, 0.29) is 0 Å². The molecule has 3 nitrogen and oxygen atoms in total. The summed E-state index contributed by atoms with van der Waals surface area (Å²) in [7, 11) is 3.17. The molecule has 0 saturated heterocycles. The molecule has 0 bridgehead atoms. The van der Waals surface area contributed by atoms with Gasteiger partial charge < -0.3 is 15.2 Å². The zero-order valence-corrected chi connectivity index (χ0v) is 11.7. The molecule has 2 aromatic rings. The first-order valence-electron chi connectivity index (χ1n) is 5.91. The van der Waals surface area contributed by atoms with Crippen LogP contribution in [0.5, 0.6) is 11.5 Å². The van der Waals surface area contributed by atoms with Gasteiger partial charge in [-0.15, -0.1) is 0 Å². The lowest BCUT2D eigenvalue weighted by Crippen LogP contribution is -1.97. The van der Waals surface area contributed by atoms with Crippen molar-refractivity contribution < 1.29 is 9.47 Å². The summed E-state index contributed by atoms with van der Waals surface area (Å²) in [5, 5.41) is 0.473. The van der Waals surface area contributed by atoms with E-state index in [2.05, 4.69) is 0 Å². The molecule has 2 rings (SSSR count). The summed E-state index contributed by atoms with van der Waals surface area (Å²) in [5.41, 5.74) is 8.67. The third kappa shape index (κ3) is 2.67. The zero-order chi connectivity index (χ0) is 13.8. The molecule has 2 aromatic carbocycles. The van der Waals surface area contributed by atoms with Crippen molar-refractivity contribution in [2.75, 3.05) is 14.2 Å². The fourth-order valence-corrected chi connectivity index (χ4v) is 2.31. The predicted octanol–water partition coefficient (Wildman–Crippen LogP) is 3.48. The number of hydrogen-bond donors (Lipinski definition) is 1. The minimum absolute atomic E-state index is 0.473. The maximum Gasteiger partial charge on any atom is 0.149 e. The molecule has 0 aromatic heterocycles. The molecule has 0 radical (unpaired) electrons. The van der Waals surface area contributed by atoms with Gasteiger partial charge in [-0.2, -0.15) is 0 Å². The van der Waals surface area contributed by atoms with Crippen molar-refractivity contribution in [3.63, 3.8) is 0 Å². The molecular formula is C15H16ClNO2. The molecule has 0 aliphatic carbocycles. The van der Waals surface area contributed by atoms with Gasteiger partial charge in [0.25, 0.3) is 0 Å². The summed E-state index contributed by atoms with van der Waals surface area (Å²) in [6.07, 6.45) is 0. The van der Waals surface area contributed by atoms with Crippen LogP contribution in [0.25, 0.3) is 11.1 Å². The summed E-state index contributed by atoms with van der Waals surface area (Å²) in [4.78, 5) is 0. The van der Waals surface area contributed by atoms with Crippen molar-refractivity contribution in [3.8, 4) is 22.6 Å². The Balaban J connectivity index is 2.58. The highest BCUT2D eigenvalue weighted by Crippen LogP contribution is 2.41. The van der Waals surface area contributed by atoms with Gasteiger partial charge in [-0.3, -0.25) is 0 Å². The lowest BCUT2D eigenvalue weighted by molar-refractivity contribution is 0.396. The van der Waals surface area contributed by atoms with Gasteiger partial charge in [-0.1, -0.05) is 29.8 Å². The van der Waals surface area contributed by atoms with E-state index in [4.69, 9.17) is 26.8 Å². The van der Waals surface area contributed by atoms with Gasteiger partial charge in [0, 0.05) is 12.1 Å². The molecule has 0 atom stereocenters. The Morgan fingerprint density at radius 2 is 1.89 bits per heavy atom. The van der Waals surface area contributed by atoms with Crippen LogP contribution in [0.1, 0.15) is 5.56 Å². The summed E-state index contributed by atoms with van der Waals surface area (Å²) in [5.74, 6) is 1.20. The average molecular weight is 278 g/mol. The maximum atomic E-state index is 6.26. The molecule has 0 amide bonds. The third-order valence-electron chi connectivity index (χ3n) is 2.96. The molecule has 0 unspecified atom stereocenters. The number of methoxy groups -OCH3 is 2. The molecule has 0 aliphatic heterocycles. The molecule has 2 N–H and O–H groups in total. The highest BCUT2D eigenvalue weighted by atomic mass is 35.5. The second-order valence-corrected chi connectivity index (χ2v) is 4.45. The molecule has 0 fully saturated rings. The first-order chi connectivity index (χ1) is 9.21. The number of benzene rings is 2. The number of nitrogens with two attached hydrogens (primary N) is 1. The average Bonchev–Trinajstić information content (AvgIpc) is 2.47. The standard InChI is InChI=1S/C15H16ClNO2/c1-18-13-7-6-12(15(19-2)14(13)16)11-5-3-4-10(8-11)9-17/h3-8H,9,17H2,1-2H3. The number of rotatable bonds is 4. The maximum absolute atomic E-state index is 6.26. The summed E-state index contributed by atoms with van der Waals surface area (Å²) in [6.45, 7) is 0.500. The van der Waals surface area contributed by atoms with Crippen LogP contribution in [0, 0.1) is 0 Å². The minimum atomic E-state index is 0.473. The number of halogens is 1. The van der Waals surface area contributed by atoms with Crippen LogP contribution in [0.15, 0.2) is 36.4 Å². The lowest BCUT2D eigenvalue weighted by atomic mass is 10.0. The van der Waals surface area contributed by atoms with Crippen LogP contribution in [-0.2, 0) is 6.54 Å². The lowest BCUT2D eigenvalue weighted by Gasteiger charge is -2.13. The second-order valence-electron chi connectivity index (χ2n) is 4.07. The highest BCUT2D eigenvalue weighted by molar-refractivity contribution is 6.34. The van der Waals surface area contributed by atoms with E-state index >= 15 is 0 Å². The molecular weight excluding hydrogens is 262 g/mol. The van der Waals surface area contributed by atoms with E-state index in [1.165, 1.54) is 0 Å². The quantitative estimate of drug-likeness (QED) is 0.930. The minimum Gasteiger partial charge on any atom is -0.495 e. The van der Waals surface area contributed by atoms with E-state index in [9.17, 15) is 0 Å². The summed E-state index contributed by atoms with van der Waals surface area (Å²) < 4.78 is 10.6. The van der Waals surface area contributed by atoms with Gasteiger partial charge in [0.2, 0.25) is 0 Å². The van der Waals surface area contributed by atoms with E-state index in [0.717, 1.165) is 16.7 Å². The van der Waals surface area contributed by atoms with Crippen molar-refractivity contribution >= 4 is 11.6 Å². The van der Waals surface area contributed by atoms with Crippen LogP contribution in [0.2, 0.25) is 5.02 Å². The van der Waals surface area contributed by atoms with Crippen LogP contribution >= 0.6 is 11.6 Å². The highest BCUT2D eigenvalue weighted by Gasteiger charge is 2.14. The third-order valence-corrected chi connectivity index (χ3v) is 3.32. The Morgan fingerprint density at radius 1 is 1.11 bits per heavy atom. The van der Waals surface area contributed by atoms with Gasteiger partial charge in [-0.25, -0.2) is 0 Å². The van der Waals surface area contributed by atoms with Crippen molar-refractivity contribution in [1.29, 1.82) is 0 Å². The van der Waals surface area contributed by atoms with E-state index in [1.807, 2.05) is 36.4 Å². The van der Waals surface area contributed by atoms with Crippen molar-refractivity contribution in [2.45, 2.75) is 6.54 Å². The fraction of sp³-hybridized carbons (Fsp3) is 0.200. The topological polar surface area (TPSA) is 44.5 Å². The normalized spacial score (nSPS) is 10.3. The van der Waals surface area contributed by atoms with Gasteiger partial charge in [0.05, 0.1) is 14.2 Å². The van der Waals surface area contributed by atoms with E-state index < -0.39 is 0 Å². The van der Waals surface area contributed by atoms with Crippen molar-refractivity contribution in [1.82, 2.24) is 0 Å². The SMILES string of the molecule is COc1ccc(-c2cccc(CN)c2)c(OC)c1Cl. The Morgan fingerprint density at radius 3 is 2.53 bits per heavy atom. The zero-order valence-electron chi connectivity index (χ0n) is 10.9. The summed E-state index contributed by atoms with van der Waals surface area (Å²) in [6, 6.07) is 11.7. The molecule has 0 saturated carbocycles. The van der Waals surface area contributed by atoms with Gasteiger partial charge in [0.15, 0.2) is 0 Å². The first kappa shape index (κ1) is 13.7. The van der Waals surface area contributed by atoms with Crippen molar-refractivity contribution in [3.05, 3.63) is 47.0 Å². The monoisotopic (exact) mass is 277 g/mol. The van der Waals surface area contributed by atoms with Gasteiger partial charge >= 0.3 is 0 Å². The molecule has 19 heavy (non-hydrogen) atoms. The number of hydrogen-bond acceptors (Lipinski definition) is 3. The smallest absolute Gasteiger partial charge is 0.149 e. The van der Waals surface area contributed by atoms with Crippen LogP contribution in [0.3, 0.4) is 0 Å². The molecule has 100 valence electrons. The summed E-state index contributed by atoms with van der Waals surface area (Å²) >= 11 is 6.26. The molecule has 0 spiro atoms. The molecule has 0 aliphatic rings. The second kappa shape index (κ2) is 5.95. The Labute approximate surface area is 117 Å². The predicted molar refractivity (Wildman–Crippen MR) is 77.9 cm³/mol. The number of ether oxygens (including phenoxy) is 2. The Kier molecular flexibility index (Phi) is 4.30. The van der Waals surface area contributed by atoms with Crippen molar-refractivity contribution in [2.24, 2.45) is 5.73 Å².